The molecule has 0 saturated heterocycles. The number of ether oxygens (including phenoxy) is 4. The van der Waals surface area contributed by atoms with Crippen LogP contribution in [-0.4, -0.2) is 96.7 Å². The van der Waals surface area contributed by atoms with Gasteiger partial charge in [0.25, 0.3) is 0 Å². The molecule has 0 spiro atoms. The summed E-state index contributed by atoms with van der Waals surface area (Å²) in [5.41, 5.74) is 0. The number of rotatable bonds is 78. The number of aliphatic hydroxyl groups excluding tert-OH is 1. The SMILES string of the molecule is CCCCCC/C=C\C=C/CCCCCCCC(=O)OC[C@H](COP(=O)(O)OC[C@@H](O)COP(=O)(O)OC[C@@H](COC(=O)CCCCCCCCCC)OC(=O)CCCCCCCCCCCCCCCC)OC(=O)CCCCCCCCCCCCCCCCCCCCC(C)CC. The molecule has 3 N–H and O–H groups in total. The van der Waals surface area contributed by atoms with Gasteiger partial charge in [0.1, 0.15) is 19.3 Å². The molecule has 0 fully saturated rings. The lowest BCUT2D eigenvalue weighted by Crippen LogP contribution is -2.30. The molecule has 0 saturated carbocycles. The Hall–Kier alpha value is -2.46. The summed E-state index contributed by atoms with van der Waals surface area (Å²) in [5.74, 6) is -1.27. The van der Waals surface area contributed by atoms with E-state index in [9.17, 15) is 43.2 Å². The van der Waals surface area contributed by atoms with E-state index in [1.54, 1.807) is 0 Å². The van der Waals surface area contributed by atoms with Crippen molar-refractivity contribution in [2.24, 2.45) is 5.92 Å². The molecule has 0 aliphatic rings. The lowest BCUT2D eigenvalue weighted by atomic mass is 9.99. The first-order valence-electron chi connectivity index (χ1n) is 41.0. The van der Waals surface area contributed by atoms with Crippen LogP contribution in [0.25, 0.3) is 0 Å². The van der Waals surface area contributed by atoms with Crippen molar-refractivity contribution in [3.63, 3.8) is 0 Å². The van der Waals surface area contributed by atoms with Crippen molar-refractivity contribution >= 4 is 39.5 Å². The first-order valence-corrected chi connectivity index (χ1v) is 44.0. The average Bonchev–Trinajstić information content (AvgIpc) is 1.65. The molecule has 0 aromatic rings. The number of phosphoric acid groups is 2. The Morgan fingerprint density at radius 1 is 0.323 bits per heavy atom. The first kappa shape index (κ1) is 96.5. The summed E-state index contributed by atoms with van der Waals surface area (Å²) in [7, 11) is -9.92. The van der Waals surface area contributed by atoms with Gasteiger partial charge in [-0.2, -0.15) is 0 Å². The van der Waals surface area contributed by atoms with E-state index in [1.165, 1.54) is 199 Å². The lowest BCUT2D eigenvalue weighted by molar-refractivity contribution is -0.161. The molecule has 584 valence electrons. The molecular formula is C80H152O17P2. The van der Waals surface area contributed by atoms with E-state index in [0.29, 0.717) is 25.7 Å². The number of phosphoric ester groups is 2. The fraction of sp³-hybridized carbons (Fsp3) is 0.900. The molecule has 0 aromatic carbocycles. The highest BCUT2D eigenvalue weighted by molar-refractivity contribution is 7.47. The van der Waals surface area contributed by atoms with Crippen LogP contribution in [0.3, 0.4) is 0 Å². The van der Waals surface area contributed by atoms with Crippen LogP contribution in [0.4, 0.5) is 0 Å². The van der Waals surface area contributed by atoms with Crippen molar-refractivity contribution in [3.05, 3.63) is 24.3 Å². The molecule has 99 heavy (non-hydrogen) atoms. The van der Waals surface area contributed by atoms with Gasteiger partial charge in [0.05, 0.1) is 26.4 Å². The zero-order chi connectivity index (χ0) is 72.7. The highest BCUT2D eigenvalue weighted by atomic mass is 31.2. The quantitative estimate of drug-likeness (QED) is 0.0169. The van der Waals surface area contributed by atoms with Gasteiger partial charge in [-0.3, -0.25) is 37.3 Å². The second-order valence-corrected chi connectivity index (χ2v) is 31.3. The molecule has 0 aromatic heterocycles. The number of aliphatic hydroxyl groups is 1. The third-order valence-corrected chi connectivity index (χ3v) is 20.4. The number of hydrogen-bond donors (Lipinski definition) is 3. The largest absolute Gasteiger partial charge is 0.472 e. The second kappa shape index (κ2) is 72.5. The van der Waals surface area contributed by atoms with Crippen LogP contribution in [0.5, 0.6) is 0 Å². The van der Waals surface area contributed by atoms with E-state index in [-0.39, 0.29) is 25.7 Å². The Labute approximate surface area is 605 Å². The molecule has 0 rings (SSSR count). The number of allylic oxidation sites excluding steroid dienone is 4. The maximum atomic E-state index is 13.1. The van der Waals surface area contributed by atoms with Gasteiger partial charge >= 0.3 is 39.5 Å². The van der Waals surface area contributed by atoms with Gasteiger partial charge in [0.2, 0.25) is 0 Å². The average molecular weight is 1450 g/mol. The Balaban J connectivity index is 5.21. The summed E-state index contributed by atoms with van der Waals surface area (Å²) in [6.07, 6.45) is 66.0. The minimum absolute atomic E-state index is 0.102. The smallest absolute Gasteiger partial charge is 0.462 e. The maximum Gasteiger partial charge on any atom is 0.472 e. The molecule has 17 nitrogen and oxygen atoms in total. The van der Waals surface area contributed by atoms with Crippen molar-refractivity contribution in [3.8, 4) is 0 Å². The Kier molecular flexibility index (Phi) is 70.7. The van der Waals surface area contributed by atoms with Crippen LogP contribution >= 0.6 is 15.6 Å². The normalized spacial score (nSPS) is 14.3. The predicted molar refractivity (Wildman–Crippen MR) is 404 cm³/mol. The number of esters is 4. The summed E-state index contributed by atoms with van der Waals surface area (Å²) in [6.45, 7) is 7.29. The minimum atomic E-state index is -4.97. The van der Waals surface area contributed by atoms with Crippen LogP contribution in [0.15, 0.2) is 24.3 Å². The van der Waals surface area contributed by atoms with E-state index >= 15 is 0 Å². The first-order chi connectivity index (χ1) is 48.1. The molecule has 6 atom stereocenters. The summed E-state index contributed by atoms with van der Waals surface area (Å²) in [6, 6.07) is 0. The Morgan fingerprint density at radius 2 is 0.566 bits per heavy atom. The molecule has 0 aliphatic heterocycles. The predicted octanol–water partition coefficient (Wildman–Crippen LogP) is 23.6. The van der Waals surface area contributed by atoms with Crippen molar-refractivity contribution in [1.82, 2.24) is 0 Å². The molecule has 0 aliphatic carbocycles. The van der Waals surface area contributed by atoms with Gasteiger partial charge in [-0.15, -0.1) is 0 Å². The molecule has 0 radical (unpaired) electrons. The van der Waals surface area contributed by atoms with Crippen molar-refractivity contribution in [2.45, 2.75) is 419 Å². The molecule has 0 bridgehead atoms. The fourth-order valence-electron chi connectivity index (χ4n) is 11.8. The van der Waals surface area contributed by atoms with Crippen LogP contribution < -0.4 is 0 Å². The third kappa shape index (κ3) is 72.3. The van der Waals surface area contributed by atoms with Crippen LogP contribution in [0.1, 0.15) is 401 Å². The van der Waals surface area contributed by atoms with Gasteiger partial charge in [0.15, 0.2) is 12.2 Å². The highest BCUT2D eigenvalue weighted by Gasteiger charge is 2.30. The third-order valence-electron chi connectivity index (χ3n) is 18.5. The van der Waals surface area contributed by atoms with Crippen molar-refractivity contribution in [2.75, 3.05) is 39.6 Å². The second-order valence-electron chi connectivity index (χ2n) is 28.4. The molecule has 19 heteroatoms. The van der Waals surface area contributed by atoms with Crippen LogP contribution in [-0.2, 0) is 65.4 Å². The van der Waals surface area contributed by atoms with Gasteiger partial charge in [-0.25, -0.2) is 9.13 Å². The molecular weight excluding hydrogens is 1290 g/mol. The van der Waals surface area contributed by atoms with E-state index in [4.69, 9.17) is 37.0 Å². The molecule has 0 amide bonds. The van der Waals surface area contributed by atoms with Crippen LogP contribution in [0.2, 0.25) is 0 Å². The summed E-state index contributed by atoms with van der Waals surface area (Å²) in [5, 5.41) is 10.6. The van der Waals surface area contributed by atoms with Gasteiger partial charge in [-0.1, -0.05) is 348 Å². The van der Waals surface area contributed by atoms with Gasteiger partial charge in [0, 0.05) is 25.7 Å². The lowest BCUT2D eigenvalue weighted by Gasteiger charge is -2.21. The topological polar surface area (TPSA) is 237 Å². The fourth-order valence-corrected chi connectivity index (χ4v) is 13.4. The van der Waals surface area contributed by atoms with Crippen molar-refractivity contribution in [1.29, 1.82) is 0 Å². The van der Waals surface area contributed by atoms with Gasteiger partial charge < -0.3 is 33.8 Å². The minimum Gasteiger partial charge on any atom is -0.462 e. The van der Waals surface area contributed by atoms with E-state index < -0.39 is 97.5 Å². The monoisotopic (exact) mass is 1450 g/mol. The van der Waals surface area contributed by atoms with E-state index in [2.05, 4.69) is 58.9 Å². The standard InChI is InChI=1S/C80H152O17P2/c1-6-10-13-16-19-22-24-26-32-37-40-44-49-54-59-64-78(83)91-70-76(97-80(85)66-61-56-51-46-42-38-34-31-29-28-30-33-35-39-43-47-52-57-62-73(5)9-4)72-95-99(88,89)93-68-74(81)67-92-98(86,87)94-71-75(69-90-77(82)63-58-53-48-21-18-15-12-8-3)96-79(84)65-60-55-50-45-41-36-27-25-23-20-17-14-11-7-2/h22,24,26,32,73-76,81H,6-21,23,25,27-31,33-72H2,1-5H3,(H,86,87)(H,88,89)/b24-22-,32-26-/t73?,74-,75+,76+/m0/s1. The Morgan fingerprint density at radius 3 is 0.859 bits per heavy atom. The number of hydrogen-bond acceptors (Lipinski definition) is 15. The molecule has 0 heterocycles. The summed E-state index contributed by atoms with van der Waals surface area (Å²) >= 11 is 0. The molecule has 3 unspecified atom stereocenters. The number of carbonyl (C=O) groups excluding carboxylic acids is 4. The van der Waals surface area contributed by atoms with E-state index in [1.807, 2.05) is 0 Å². The summed E-state index contributed by atoms with van der Waals surface area (Å²) < 4.78 is 68.5. The summed E-state index contributed by atoms with van der Waals surface area (Å²) in [4.78, 5) is 72.8. The Bertz CT molecular complexity index is 1990. The number of carbonyl (C=O) groups is 4. The zero-order valence-electron chi connectivity index (χ0n) is 64.1. The maximum absolute atomic E-state index is 13.1. The van der Waals surface area contributed by atoms with Crippen LogP contribution in [0, 0.1) is 5.92 Å². The zero-order valence-corrected chi connectivity index (χ0v) is 65.9. The number of unbranched alkanes of at least 4 members (excludes halogenated alkanes) is 46. The van der Waals surface area contributed by atoms with Gasteiger partial charge in [-0.05, 0) is 57.3 Å². The highest BCUT2D eigenvalue weighted by Crippen LogP contribution is 2.45. The van der Waals surface area contributed by atoms with E-state index in [0.717, 1.165) is 121 Å². The van der Waals surface area contributed by atoms with Crippen molar-refractivity contribution < 1.29 is 80.2 Å².